The van der Waals surface area contributed by atoms with E-state index in [1.807, 2.05) is 6.92 Å². The number of anilines is 1. The lowest BCUT2D eigenvalue weighted by Gasteiger charge is -2.13. The van der Waals surface area contributed by atoms with Crippen LogP contribution in [0.3, 0.4) is 0 Å². The molecule has 0 saturated carbocycles. The van der Waals surface area contributed by atoms with Crippen molar-refractivity contribution >= 4 is 23.6 Å². The largest absolute Gasteiger partial charge is 0.496 e. The minimum absolute atomic E-state index is 0.445. The summed E-state index contributed by atoms with van der Waals surface area (Å²) in [4.78, 5) is 24.6. The number of aryl methyl sites for hydroxylation is 2. The minimum Gasteiger partial charge on any atom is -0.496 e. The highest BCUT2D eigenvalue weighted by Crippen LogP contribution is 2.35. The lowest BCUT2D eigenvalue weighted by molar-refractivity contribution is -0.148. The number of methoxy groups -OCH3 is 3. The Morgan fingerprint density at radius 2 is 1.67 bits per heavy atom. The Hall–Kier alpha value is -3.49. The van der Waals surface area contributed by atoms with Crippen LogP contribution in [0.15, 0.2) is 18.2 Å². The molecular formula is C21H27N3O6. The molecule has 2 rings (SSSR count). The van der Waals surface area contributed by atoms with E-state index in [4.69, 9.17) is 18.9 Å². The van der Waals surface area contributed by atoms with E-state index >= 15 is 0 Å². The van der Waals surface area contributed by atoms with Crippen LogP contribution in [0.25, 0.3) is 6.08 Å². The first-order valence-corrected chi connectivity index (χ1v) is 9.21. The fourth-order valence-electron chi connectivity index (χ4n) is 2.79. The summed E-state index contributed by atoms with van der Waals surface area (Å²) < 4.78 is 22.7. The Labute approximate surface area is 175 Å². The predicted octanol–water partition coefficient (Wildman–Crippen LogP) is 2.65. The molecule has 1 unspecified atom stereocenters. The molecule has 0 bridgehead atoms. The van der Waals surface area contributed by atoms with E-state index in [0.29, 0.717) is 34.2 Å². The standard InChI is InChI=1S/C21H27N3O6/c1-12-20(13(2)24(4)23-12)22-21(26)14(3)30-19(25)9-8-15-10-17(28-6)18(29-7)11-16(15)27-5/h8-11,14H,1-7H3,(H,22,26)/b9-8+. The van der Waals surface area contributed by atoms with Crippen molar-refractivity contribution in [1.29, 1.82) is 0 Å². The molecule has 1 atom stereocenters. The van der Waals surface area contributed by atoms with Gasteiger partial charge in [-0.3, -0.25) is 9.48 Å². The summed E-state index contributed by atoms with van der Waals surface area (Å²) in [5.41, 5.74) is 2.68. The smallest absolute Gasteiger partial charge is 0.331 e. The number of hydrogen-bond donors (Lipinski definition) is 1. The molecule has 9 nitrogen and oxygen atoms in total. The van der Waals surface area contributed by atoms with E-state index in [0.717, 1.165) is 5.69 Å². The van der Waals surface area contributed by atoms with Crippen LogP contribution in [0.1, 0.15) is 23.9 Å². The number of ether oxygens (including phenoxy) is 4. The van der Waals surface area contributed by atoms with Crippen LogP contribution in [0.2, 0.25) is 0 Å². The second kappa shape index (κ2) is 9.82. The summed E-state index contributed by atoms with van der Waals surface area (Å²) in [5.74, 6) is 0.361. The maximum atomic E-state index is 12.4. The summed E-state index contributed by atoms with van der Waals surface area (Å²) >= 11 is 0. The summed E-state index contributed by atoms with van der Waals surface area (Å²) in [6.07, 6.45) is 1.74. The molecule has 0 spiro atoms. The Morgan fingerprint density at radius 3 is 2.20 bits per heavy atom. The molecule has 0 fully saturated rings. The van der Waals surface area contributed by atoms with Gasteiger partial charge in [0.2, 0.25) is 0 Å². The number of carbonyl (C=O) groups excluding carboxylic acids is 2. The second-order valence-corrected chi connectivity index (χ2v) is 6.52. The molecule has 1 aromatic carbocycles. The number of carbonyl (C=O) groups is 2. The van der Waals surface area contributed by atoms with Crippen LogP contribution >= 0.6 is 0 Å². The van der Waals surface area contributed by atoms with Gasteiger partial charge in [-0.15, -0.1) is 0 Å². The average molecular weight is 417 g/mol. The molecule has 30 heavy (non-hydrogen) atoms. The highest BCUT2D eigenvalue weighted by molar-refractivity contribution is 5.97. The van der Waals surface area contributed by atoms with Crippen LogP contribution in [-0.2, 0) is 21.4 Å². The van der Waals surface area contributed by atoms with Crippen molar-refractivity contribution < 1.29 is 28.5 Å². The van der Waals surface area contributed by atoms with Crippen molar-refractivity contribution in [1.82, 2.24) is 9.78 Å². The zero-order valence-electron chi connectivity index (χ0n) is 18.2. The van der Waals surface area contributed by atoms with Gasteiger partial charge in [0, 0.05) is 24.8 Å². The van der Waals surface area contributed by atoms with Crippen LogP contribution in [0, 0.1) is 13.8 Å². The third-order valence-corrected chi connectivity index (χ3v) is 4.55. The van der Waals surface area contributed by atoms with E-state index < -0.39 is 18.0 Å². The molecule has 9 heteroatoms. The molecule has 0 aliphatic heterocycles. The normalized spacial score (nSPS) is 11.8. The lowest BCUT2D eigenvalue weighted by atomic mass is 10.1. The van der Waals surface area contributed by atoms with Gasteiger partial charge in [-0.25, -0.2) is 4.79 Å². The monoisotopic (exact) mass is 417 g/mol. The maximum absolute atomic E-state index is 12.4. The van der Waals surface area contributed by atoms with Gasteiger partial charge in [0.05, 0.1) is 38.4 Å². The van der Waals surface area contributed by atoms with Gasteiger partial charge in [-0.1, -0.05) is 0 Å². The average Bonchev–Trinajstić information content (AvgIpc) is 2.97. The summed E-state index contributed by atoms with van der Waals surface area (Å²) in [6, 6.07) is 3.32. The summed E-state index contributed by atoms with van der Waals surface area (Å²) in [7, 11) is 6.32. The van der Waals surface area contributed by atoms with Crippen molar-refractivity contribution in [2.24, 2.45) is 7.05 Å². The van der Waals surface area contributed by atoms with Gasteiger partial charge in [0.1, 0.15) is 5.75 Å². The topological polar surface area (TPSA) is 101 Å². The molecule has 0 aliphatic rings. The molecule has 0 aliphatic carbocycles. The predicted molar refractivity (Wildman–Crippen MR) is 112 cm³/mol. The molecule has 1 N–H and O–H groups in total. The van der Waals surface area contributed by atoms with Gasteiger partial charge >= 0.3 is 5.97 Å². The van der Waals surface area contributed by atoms with Crippen molar-refractivity contribution in [2.75, 3.05) is 26.6 Å². The van der Waals surface area contributed by atoms with Gasteiger partial charge < -0.3 is 24.3 Å². The Bertz CT molecular complexity index is 964. The molecule has 1 amide bonds. The Kier molecular flexibility index (Phi) is 7.46. The third-order valence-electron chi connectivity index (χ3n) is 4.55. The van der Waals surface area contributed by atoms with Crippen LogP contribution in [0.5, 0.6) is 17.2 Å². The Morgan fingerprint density at radius 1 is 1.07 bits per heavy atom. The number of hydrogen-bond acceptors (Lipinski definition) is 7. The van der Waals surface area contributed by atoms with Crippen molar-refractivity contribution in [3.8, 4) is 17.2 Å². The first-order valence-electron chi connectivity index (χ1n) is 9.21. The zero-order chi connectivity index (χ0) is 22.4. The highest BCUT2D eigenvalue weighted by Gasteiger charge is 2.20. The quantitative estimate of drug-likeness (QED) is 0.520. The van der Waals surface area contributed by atoms with Gasteiger partial charge in [-0.05, 0) is 32.9 Å². The first kappa shape index (κ1) is 22.8. The number of nitrogens with zero attached hydrogens (tertiary/aromatic N) is 2. The number of amides is 1. The van der Waals surface area contributed by atoms with Gasteiger partial charge in [0.15, 0.2) is 17.6 Å². The highest BCUT2D eigenvalue weighted by atomic mass is 16.5. The number of benzene rings is 1. The molecular weight excluding hydrogens is 390 g/mol. The van der Waals surface area contributed by atoms with Crippen molar-refractivity contribution in [3.05, 3.63) is 35.2 Å². The van der Waals surface area contributed by atoms with Crippen LogP contribution < -0.4 is 19.5 Å². The molecule has 162 valence electrons. The molecule has 0 saturated heterocycles. The number of rotatable bonds is 8. The molecule has 2 aromatic rings. The molecule has 1 heterocycles. The minimum atomic E-state index is -0.992. The first-order chi connectivity index (χ1) is 14.2. The van der Waals surface area contributed by atoms with Crippen molar-refractivity contribution in [3.63, 3.8) is 0 Å². The van der Waals surface area contributed by atoms with E-state index in [1.165, 1.54) is 40.4 Å². The number of aromatic nitrogens is 2. The van der Waals surface area contributed by atoms with E-state index in [-0.39, 0.29) is 0 Å². The van der Waals surface area contributed by atoms with E-state index in [9.17, 15) is 9.59 Å². The fourth-order valence-corrected chi connectivity index (χ4v) is 2.79. The van der Waals surface area contributed by atoms with E-state index in [2.05, 4.69) is 10.4 Å². The molecule has 0 radical (unpaired) electrons. The van der Waals surface area contributed by atoms with Gasteiger partial charge in [-0.2, -0.15) is 5.10 Å². The summed E-state index contributed by atoms with van der Waals surface area (Å²) in [6.45, 7) is 5.13. The zero-order valence-corrected chi connectivity index (χ0v) is 18.2. The second-order valence-electron chi connectivity index (χ2n) is 6.52. The third kappa shape index (κ3) is 5.11. The fraction of sp³-hybridized carbons (Fsp3) is 0.381. The van der Waals surface area contributed by atoms with E-state index in [1.54, 1.807) is 30.8 Å². The lowest BCUT2D eigenvalue weighted by Crippen LogP contribution is -2.29. The van der Waals surface area contributed by atoms with Crippen LogP contribution in [-0.4, -0.2) is 49.1 Å². The number of nitrogens with one attached hydrogen (secondary N) is 1. The maximum Gasteiger partial charge on any atom is 0.331 e. The van der Waals surface area contributed by atoms with Gasteiger partial charge in [0.25, 0.3) is 5.91 Å². The van der Waals surface area contributed by atoms with Crippen molar-refractivity contribution in [2.45, 2.75) is 26.9 Å². The Balaban J connectivity index is 2.07. The molecule has 1 aromatic heterocycles. The number of esters is 1. The SMILES string of the molecule is COc1cc(OC)c(OC)cc1/C=C/C(=O)OC(C)C(=O)Nc1c(C)nn(C)c1C. The van der Waals surface area contributed by atoms with Crippen LogP contribution in [0.4, 0.5) is 5.69 Å². The summed E-state index contributed by atoms with van der Waals surface area (Å²) in [5, 5.41) is 6.99.